The highest BCUT2D eigenvalue weighted by Gasteiger charge is 2.49. The molecule has 0 radical (unpaired) electrons. The Hall–Kier alpha value is -1.62. The molecule has 3 aromatic heterocycles. The van der Waals surface area contributed by atoms with E-state index in [0.29, 0.717) is 38.0 Å². The molecule has 3 aromatic rings. The van der Waals surface area contributed by atoms with Gasteiger partial charge in [-0.05, 0) is 47.9 Å². The maximum atomic E-state index is 13.2. The Bertz CT molecular complexity index is 1060. The van der Waals surface area contributed by atoms with Crippen LogP contribution >= 0.6 is 67.9 Å². The number of carboxylic acid groups (broad SMARTS) is 1. The topological polar surface area (TPSA) is 112 Å². The van der Waals surface area contributed by atoms with Gasteiger partial charge in [0, 0.05) is 64.4 Å². The quantitative estimate of drug-likeness (QED) is 0.0737. The number of nitrogens with one attached hydrogen (secondary N) is 2. The lowest BCUT2D eigenvalue weighted by Gasteiger charge is -2.44. The van der Waals surface area contributed by atoms with E-state index in [-0.39, 0.29) is 9.70 Å². The molecule has 8 nitrogen and oxygen atoms in total. The van der Waals surface area contributed by atoms with Gasteiger partial charge in [-0.2, -0.15) is 0 Å². The number of thiophene rings is 2. The van der Waals surface area contributed by atoms with E-state index in [4.69, 9.17) is 0 Å². The Morgan fingerprint density at radius 1 is 1.09 bits per heavy atom. The predicted octanol–water partition coefficient (Wildman–Crippen LogP) is 5.15. The number of hydrogen-bond acceptors (Lipinski definition) is 7. The molecule has 2 atom stereocenters. The molecule has 0 aromatic carbocycles. The summed E-state index contributed by atoms with van der Waals surface area (Å²) in [4.78, 5) is 45.4. The van der Waals surface area contributed by atoms with Crippen LogP contribution in [0.1, 0.15) is 33.0 Å². The Morgan fingerprint density at radius 2 is 1.74 bits per heavy atom. The maximum Gasteiger partial charge on any atom is 0.406 e. The Labute approximate surface area is 238 Å². The van der Waals surface area contributed by atoms with Crippen LogP contribution in [0.2, 0.25) is 0 Å². The Morgan fingerprint density at radius 3 is 2.23 bits per heavy atom. The second-order valence-electron chi connectivity index (χ2n) is 7.59. The van der Waals surface area contributed by atoms with E-state index in [1.165, 1.54) is 6.20 Å². The van der Waals surface area contributed by atoms with Gasteiger partial charge >= 0.3 is 6.09 Å². The largest absolute Gasteiger partial charge is 0.465 e. The highest BCUT2D eigenvalue weighted by atomic mass is 127. The van der Waals surface area contributed by atoms with Crippen molar-refractivity contribution in [1.29, 1.82) is 0 Å². The Kier molecular flexibility index (Phi) is 10.9. The molecule has 0 spiro atoms. The number of halogens is 2. The lowest BCUT2D eigenvalue weighted by Crippen LogP contribution is -2.68. The third-order valence-corrected chi connectivity index (χ3v) is 9.32. The van der Waals surface area contributed by atoms with E-state index in [0.717, 1.165) is 9.75 Å². The van der Waals surface area contributed by atoms with Crippen molar-refractivity contribution in [3.8, 4) is 0 Å². The zero-order valence-corrected chi connectivity index (χ0v) is 24.5. The number of amides is 2. The zero-order valence-electron chi connectivity index (χ0n) is 18.5. The third kappa shape index (κ3) is 7.68. The normalized spacial score (nSPS) is 13.7. The predicted molar refractivity (Wildman–Crippen MR) is 154 cm³/mol. The molecular weight excluding hydrogens is 714 g/mol. The van der Waals surface area contributed by atoms with E-state index < -0.39 is 15.7 Å². The fourth-order valence-electron chi connectivity index (χ4n) is 3.59. The summed E-state index contributed by atoms with van der Waals surface area (Å²) in [7, 11) is 0. The molecule has 3 heterocycles. The molecule has 3 N–H and O–H groups in total. The number of aromatic nitrogens is 1. The summed E-state index contributed by atoms with van der Waals surface area (Å²) in [5.41, 5.74) is -0.977. The summed E-state index contributed by atoms with van der Waals surface area (Å²) in [5.74, 6) is -0.222. The minimum absolute atomic E-state index is 0.222. The van der Waals surface area contributed by atoms with Crippen molar-refractivity contribution >= 4 is 83.6 Å². The fraction of sp³-hybridized carbons (Fsp3) is 0.304. The standard InChI is InChI=1S/C23H24I2N4O4S2/c24-19(8-2-10-27-20(30)16-5-1-9-26-13-16)23(21(25)31,28-22(32)33)29(14-17-6-3-11-34-17)15-18-7-4-12-35-18/h1,3-7,9,11-13,19,28H,2,8,10,14-15H2,(H,27,30)(H,32,33)/t19?,23-/m0/s1. The van der Waals surface area contributed by atoms with Crippen LogP contribution < -0.4 is 10.6 Å². The lowest BCUT2D eigenvalue weighted by atomic mass is 10.0. The molecule has 3 rings (SSSR count). The van der Waals surface area contributed by atoms with Crippen LogP contribution in [0, 0.1) is 0 Å². The van der Waals surface area contributed by atoms with Gasteiger partial charge in [-0.1, -0.05) is 34.7 Å². The van der Waals surface area contributed by atoms with Gasteiger partial charge in [-0.3, -0.25) is 24.8 Å². The van der Waals surface area contributed by atoms with Crippen LogP contribution in [0.25, 0.3) is 0 Å². The highest BCUT2D eigenvalue weighted by molar-refractivity contribution is 14.1. The van der Waals surface area contributed by atoms with Crippen LogP contribution in [-0.4, -0.2) is 46.9 Å². The van der Waals surface area contributed by atoms with Crippen molar-refractivity contribution in [2.24, 2.45) is 0 Å². The first-order valence-electron chi connectivity index (χ1n) is 10.7. The molecule has 0 aliphatic rings. The number of carbonyl (C=O) groups excluding carboxylic acids is 2. The number of alkyl halides is 1. The van der Waals surface area contributed by atoms with Crippen LogP contribution in [0.5, 0.6) is 0 Å². The summed E-state index contributed by atoms with van der Waals surface area (Å²) in [6.07, 6.45) is 2.92. The molecule has 35 heavy (non-hydrogen) atoms. The Balaban J connectivity index is 1.79. The molecule has 0 fully saturated rings. The SMILES string of the molecule is O=C(O)N[C@@](C(=O)I)(C(I)CCCNC(=O)c1cccnc1)N(Cc1cccs1)Cc1cccs1. The average molecular weight is 738 g/mol. The number of nitrogens with zero attached hydrogens (tertiary/aromatic N) is 2. The molecule has 1 unspecified atom stereocenters. The molecule has 0 aliphatic heterocycles. The maximum absolute atomic E-state index is 13.2. The van der Waals surface area contributed by atoms with Gasteiger partial charge in [0.05, 0.1) is 9.49 Å². The minimum Gasteiger partial charge on any atom is -0.465 e. The van der Waals surface area contributed by atoms with Gasteiger partial charge in [0.1, 0.15) is 0 Å². The van der Waals surface area contributed by atoms with E-state index in [9.17, 15) is 19.5 Å². The van der Waals surface area contributed by atoms with Gasteiger partial charge in [0.15, 0.2) is 5.66 Å². The van der Waals surface area contributed by atoms with Crippen LogP contribution in [0.15, 0.2) is 59.6 Å². The second-order valence-corrected chi connectivity index (χ2v) is 12.1. The van der Waals surface area contributed by atoms with Crippen molar-refractivity contribution in [2.75, 3.05) is 6.54 Å². The molecule has 186 valence electrons. The molecule has 12 heteroatoms. The molecule has 0 bridgehead atoms. The van der Waals surface area contributed by atoms with Crippen LogP contribution in [-0.2, 0) is 17.9 Å². The van der Waals surface area contributed by atoms with Crippen molar-refractivity contribution in [3.05, 3.63) is 74.9 Å². The van der Waals surface area contributed by atoms with E-state index in [1.54, 1.807) is 63.6 Å². The number of pyridine rings is 1. The monoisotopic (exact) mass is 738 g/mol. The first-order valence-corrected chi connectivity index (χ1v) is 14.7. The average Bonchev–Trinajstić information content (AvgIpc) is 3.54. The fourth-order valence-corrected chi connectivity index (χ4v) is 7.75. The number of hydrogen-bond donors (Lipinski definition) is 3. The zero-order chi connectivity index (χ0) is 25.3. The van der Waals surface area contributed by atoms with Crippen LogP contribution in [0.4, 0.5) is 4.79 Å². The molecule has 0 saturated heterocycles. The summed E-state index contributed by atoms with van der Waals surface area (Å²) in [5, 5.41) is 19.1. The van der Waals surface area contributed by atoms with Gasteiger partial charge in [-0.25, -0.2) is 4.79 Å². The smallest absolute Gasteiger partial charge is 0.406 e. The van der Waals surface area contributed by atoms with Gasteiger partial charge < -0.3 is 10.4 Å². The van der Waals surface area contributed by atoms with Crippen molar-refractivity contribution in [3.63, 3.8) is 0 Å². The summed E-state index contributed by atoms with van der Waals surface area (Å²) >= 11 is 6.99. The molecule has 0 aliphatic carbocycles. The molecular formula is C23H24I2N4O4S2. The van der Waals surface area contributed by atoms with E-state index >= 15 is 0 Å². The van der Waals surface area contributed by atoms with Gasteiger partial charge in [0.2, 0.25) is 3.79 Å². The van der Waals surface area contributed by atoms with Crippen LogP contribution in [0.3, 0.4) is 0 Å². The molecule has 2 amide bonds. The van der Waals surface area contributed by atoms with E-state index in [2.05, 4.69) is 38.2 Å². The number of carbonyl (C=O) groups is 3. The first kappa shape index (κ1) is 28.0. The van der Waals surface area contributed by atoms with Gasteiger partial charge in [0.25, 0.3) is 5.91 Å². The number of rotatable bonds is 13. The summed E-state index contributed by atoms with van der Waals surface area (Å²) in [6.45, 7) is 1.23. The minimum atomic E-state index is -1.45. The van der Waals surface area contributed by atoms with Gasteiger partial charge in [-0.15, -0.1) is 22.7 Å². The van der Waals surface area contributed by atoms with E-state index in [1.807, 2.05) is 39.9 Å². The third-order valence-electron chi connectivity index (χ3n) is 5.25. The molecule has 0 saturated carbocycles. The first-order chi connectivity index (χ1) is 16.8. The summed E-state index contributed by atoms with van der Waals surface area (Å²) < 4.78 is -0.694. The summed E-state index contributed by atoms with van der Waals surface area (Å²) in [6, 6.07) is 11.2. The second kappa shape index (κ2) is 13.6. The van der Waals surface area contributed by atoms with Crippen molar-refractivity contribution in [2.45, 2.75) is 35.5 Å². The van der Waals surface area contributed by atoms with Crippen molar-refractivity contribution in [1.82, 2.24) is 20.5 Å². The lowest BCUT2D eigenvalue weighted by molar-refractivity contribution is -0.123. The van der Waals surface area contributed by atoms with Crippen molar-refractivity contribution < 1.29 is 19.5 Å². The highest BCUT2D eigenvalue weighted by Crippen LogP contribution is 2.34.